The smallest absolute Gasteiger partial charge is 0.282 e. The molecule has 2 heterocycles. The molecule has 2 atom stereocenters. The Labute approximate surface area is 128 Å². The molecular formula is C14H29N3O3S. The first-order chi connectivity index (χ1) is 9.93. The van der Waals surface area contributed by atoms with E-state index >= 15 is 0 Å². The SMILES string of the molecule is CC1CC(C)CN(S(=O)(=O)N2CCCN(CCO)CC2)C1. The lowest BCUT2D eigenvalue weighted by Crippen LogP contribution is -2.50. The van der Waals surface area contributed by atoms with Crippen molar-refractivity contribution in [2.75, 3.05) is 52.4 Å². The molecule has 2 fully saturated rings. The normalized spacial score (nSPS) is 31.2. The summed E-state index contributed by atoms with van der Waals surface area (Å²) in [6.07, 6.45) is 1.94. The van der Waals surface area contributed by atoms with E-state index in [0.29, 0.717) is 51.1 Å². The molecule has 2 rings (SSSR count). The topological polar surface area (TPSA) is 64.1 Å². The van der Waals surface area contributed by atoms with Gasteiger partial charge >= 0.3 is 0 Å². The van der Waals surface area contributed by atoms with Crippen LogP contribution < -0.4 is 0 Å². The molecule has 2 aliphatic rings. The maximum absolute atomic E-state index is 12.8. The van der Waals surface area contributed by atoms with Gasteiger partial charge in [0, 0.05) is 39.3 Å². The van der Waals surface area contributed by atoms with Crippen LogP contribution >= 0.6 is 0 Å². The van der Waals surface area contributed by atoms with Crippen LogP contribution in [0.15, 0.2) is 0 Å². The molecule has 0 aromatic rings. The minimum atomic E-state index is -3.34. The summed E-state index contributed by atoms with van der Waals surface area (Å²) in [6, 6.07) is 0. The summed E-state index contributed by atoms with van der Waals surface area (Å²) in [7, 11) is -3.34. The Kier molecular flexibility index (Phi) is 6.02. The zero-order chi connectivity index (χ0) is 15.5. The lowest BCUT2D eigenvalue weighted by atomic mass is 9.94. The van der Waals surface area contributed by atoms with Crippen LogP contribution in [0.5, 0.6) is 0 Å². The third-order valence-electron chi connectivity index (χ3n) is 4.45. The number of nitrogens with zero attached hydrogens (tertiary/aromatic N) is 3. The van der Waals surface area contributed by atoms with E-state index in [-0.39, 0.29) is 6.61 Å². The molecule has 21 heavy (non-hydrogen) atoms. The van der Waals surface area contributed by atoms with Crippen molar-refractivity contribution >= 4 is 10.2 Å². The fraction of sp³-hybridized carbons (Fsp3) is 1.00. The van der Waals surface area contributed by atoms with Crippen LogP contribution in [0.3, 0.4) is 0 Å². The summed E-state index contributed by atoms with van der Waals surface area (Å²) in [4.78, 5) is 2.14. The lowest BCUT2D eigenvalue weighted by molar-refractivity contribution is 0.197. The molecule has 2 saturated heterocycles. The second-order valence-corrected chi connectivity index (χ2v) is 8.52. The Balaban J connectivity index is 2.01. The molecule has 1 N–H and O–H groups in total. The van der Waals surface area contributed by atoms with Gasteiger partial charge in [-0.1, -0.05) is 13.8 Å². The van der Waals surface area contributed by atoms with Crippen LogP contribution in [0, 0.1) is 11.8 Å². The predicted molar refractivity (Wildman–Crippen MR) is 83.2 cm³/mol. The van der Waals surface area contributed by atoms with E-state index in [9.17, 15) is 8.42 Å². The molecular weight excluding hydrogens is 290 g/mol. The molecule has 124 valence electrons. The van der Waals surface area contributed by atoms with Crippen LogP contribution in [0.4, 0.5) is 0 Å². The van der Waals surface area contributed by atoms with Crippen LogP contribution in [0.25, 0.3) is 0 Å². The first-order valence-electron chi connectivity index (χ1n) is 8.02. The molecule has 0 bridgehead atoms. The largest absolute Gasteiger partial charge is 0.395 e. The molecule has 0 aliphatic carbocycles. The van der Waals surface area contributed by atoms with Gasteiger partial charge in [0.2, 0.25) is 0 Å². The summed E-state index contributed by atoms with van der Waals surface area (Å²) < 4.78 is 29.0. The Bertz CT molecular complexity index is 419. The first kappa shape index (κ1) is 17.1. The summed E-state index contributed by atoms with van der Waals surface area (Å²) in [5, 5.41) is 9.02. The highest BCUT2D eigenvalue weighted by Gasteiger charge is 2.35. The highest BCUT2D eigenvalue weighted by atomic mass is 32.2. The number of β-amino-alcohol motifs (C(OH)–C–C–N with tert-alkyl or cyclic N) is 1. The van der Waals surface area contributed by atoms with Gasteiger partial charge in [0.05, 0.1) is 6.61 Å². The van der Waals surface area contributed by atoms with E-state index in [1.807, 2.05) is 0 Å². The third kappa shape index (κ3) is 4.39. The average Bonchev–Trinajstić information content (AvgIpc) is 2.64. The molecule has 0 aromatic carbocycles. The molecule has 0 saturated carbocycles. The van der Waals surface area contributed by atoms with Gasteiger partial charge in [-0.15, -0.1) is 0 Å². The maximum Gasteiger partial charge on any atom is 0.282 e. The van der Waals surface area contributed by atoms with Crippen LogP contribution in [0.1, 0.15) is 26.7 Å². The van der Waals surface area contributed by atoms with E-state index in [4.69, 9.17) is 5.11 Å². The zero-order valence-electron chi connectivity index (χ0n) is 13.2. The van der Waals surface area contributed by atoms with E-state index in [0.717, 1.165) is 19.4 Å². The monoisotopic (exact) mass is 319 g/mol. The Morgan fingerprint density at radius 3 is 2.29 bits per heavy atom. The Morgan fingerprint density at radius 1 is 1.00 bits per heavy atom. The zero-order valence-corrected chi connectivity index (χ0v) is 14.1. The number of rotatable bonds is 4. The van der Waals surface area contributed by atoms with Crippen molar-refractivity contribution in [2.45, 2.75) is 26.7 Å². The van der Waals surface area contributed by atoms with Crippen molar-refractivity contribution in [1.82, 2.24) is 13.5 Å². The maximum atomic E-state index is 12.8. The predicted octanol–water partition coefficient (Wildman–Crippen LogP) is 0.209. The summed E-state index contributed by atoms with van der Waals surface area (Å²) in [5.41, 5.74) is 0. The van der Waals surface area contributed by atoms with E-state index in [1.54, 1.807) is 8.61 Å². The van der Waals surface area contributed by atoms with E-state index in [1.165, 1.54) is 0 Å². The second-order valence-electron chi connectivity index (χ2n) is 6.59. The van der Waals surface area contributed by atoms with Gasteiger partial charge in [-0.25, -0.2) is 0 Å². The van der Waals surface area contributed by atoms with Gasteiger partial charge in [-0.2, -0.15) is 17.0 Å². The van der Waals surface area contributed by atoms with Gasteiger partial charge < -0.3 is 5.11 Å². The average molecular weight is 319 g/mol. The lowest BCUT2D eigenvalue weighted by Gasteiger charge is -2.37. The van der Waals surface area contributed by atoms with Gasteiger partial charge in [0.1, 0.15) is 0 Å². The fourth-order valence-electron chi connectivity index (χ4n) is 3.50. The number of hydrogen-bond acceptors (Lipinski definition) is 4. The van der Waals surface area contributed by atoms with Crippen molar-refractivity contribution in [3.05, 3.63) is 0 Å². The molecule has 0 aromatic heterocycles. The first-order valence-corrected chi connectivity index (χ1v) is 9.41. The van der Waals surface area contributed by atoms with Gasteiger partial charge in [0.15, 0.2) is 0 Å². The quantitative estimate of drug-likeness (QED) is 0.804. The summed E-state index contributed by atoms with van der Waals surface area (Å²) in [6.45, 7) is 8.99. The number of aliphatic hydroxyl groups excluding tert-OH is 1. The van der Waals surface area contributed by atoms with E-state index in [2.05, 4.69) is 18.7 Å². The molecule has 7 heteroatoms. The summed E-state index contributed by atoms with van der Waals surface area (Å²) >= 11 is 0. The summed E-state index contributed by atoms with van der Waals surface area (Å²) in [5.74, 6) is 0.864. The Hall–Kier alpha value is -0.210. The molecule has 0 amide bonds. The number of hydrogen-bond donors (Lipinski definition) is 1. The van der Waals surface area contributed by atoms with Crippen molar-refractivity contribution in [2.24, 2.45) is 11.8 Å². The van der Waals surface area contributed by atoms with Crippen molar-refractivity contribution in [3.63, 3.8) is 0 Å². The van der Waals surface area contributed by atoms with Crippen molar-refractivity contribution in [1.29, 1.82) is 0 Å². The minimum absolute atomic E-state index is 0.133. The molecule has 0 spiro atoms. The van der Waals surface area contributed by atoms with Crippen LogP contribution in [-0.2, 0) is 10.2 Å². The molecule has 6 nitrogen and oxygen atoms in total. The Morgan fingerprint density at radius 2 is 1.67 bits per heavy atom. The fourth-order valence-corrected chi connectivity index (χ4v) is 5.38. The van der Waals surface area contributed by atoms with Crippen molar-refractivity contribution in [3.8, 4) is 0 Å². The van der Waals surface area contributed by atoms with Crippen LogP contribution in [0.2, 0.25) is 0 Å². The molecule has 2 unspecified atom stereocenters. The molecule has 0 radical (unpaired) electrons. The standard InChI is InChI=1S/C14H29N3O3S/c1-13-10-14(2)12-17(11-13)21(19,20)16-5-3-4-15(6-7-16)8-9-18/h13-14,18H,3-12H2,1-2H3. The number of aliphatic hydroxyl groups is 1. The second kappa shape index (κ2) is 7.37. The van der Waals surface area contributed by atoms with Gasteiger partial charge in [-0.3, -0.25) is 4.90 Å². The van der Waals surface area contributed by atoms with Crippen molar-refractivity contribution < 1.29 is 13.5 Å². The number of piperidine rings is 1. The third-order valence-corrected chi connectivity index (χ3v) is 6.42. The van der Waals surface area contributed by atoms with E-state index < -0.39 is 10.2 Å². The highest BCUT2D eigenvalue weighted by Crippen LogP contribution is 2.25. The van der Waals surface area contributed by atoms with Gasteiger partial charge in [-0.05, 0) is 31.2 Å². The highest BCUT2D eigenvalue weighted by molar-refractivity contribution is 7.86. The van der Waals surface area contributed by atoms with Crippen LogP contribution in [-0.4, -0.2) is 79.5 Å². The molecule has 2 aliphatic heterocycles. The van der Waals surface area contributed by atoms with Gasteiger partial charge in [0.25, 0.3) is 10.2 Å². The minimum Gasteiger partial charge on any atom is -0.395 e.